The number of ether oxygens (including phenoxy) is 1. The molecule has 0 bridgehead atoms. The predicted molar refractivity (Wildman–Crippen MR) is 263 cm³/mol. The van der Waals surface area contributed by atoms with Crippen molar-refractivity contribution >= 4 is 58.6 Å². The van der Waals surface area contributed by atoms with Crippen LogP contribution in [-0.4, -0.2) is 140 Å². The van der Waals surface area contributed by atoms with Gasteiger partial charge in [0.25, 0.3) is 17.7 Å². The van der Waals surface area contributed by atoms with Crippen LogP contribution in [0.2, 0.25) is 0 Å². The van der Waals surface area contributed by atoms with E-state index in [0.29, 0.717) is 60.3 Å². The zero-order valence-corrected chi connectivity index (χ0v) is 40.2. The lowest BCUT2D eigenvalue weighted by molar-refractivity contribution is -0.136. The molecule has 2 aromatic heterocycles. The smallest absolute Gasteiger partial charge is 0.339 e. The molecule has 6 N–H and O–H groups in total. The molecule has 4 aliphatic heterocycles. The van der Waals surface area contributed by atoms with E-state index < -0.39 is 41.3 Å². The van der Waals surface area contributed by atoms with Crippen molar-refractivity contribution in [1.82, 2.24) is 45.5 Å². The highest BCUT2D eigenvalue weighted by atomic mass is 16.6. The number of carbonyl (C=O) groups is 6. The maximum absolute atomic E-state index is 13.3. The minimum Gasteiger partial charge on any atom is -0.451 e. The van der Waals surface area contributed by atoms with Crippen LogP contribution in [0.3, 0.4) is 0 Å². The van der Waals surface area contributed by atoms with Gasteiger partial charge in [-0.25, -0.2) is 9.78 Å². The molecule has 3 aromatic carbocycles. The summed E-state index contributed by atoms with van der Waals surface area (Å²) >= 11 is 0. The maximum atomic E-state index is 13.3. The number of piperazine rings is 1. The number of rotatable bonds is 21. The van der Waals surface area contributed by atoms with Gasteiger partial charge in [-0.1, -0.05) is 36.4 Å². The summed E-state index contributed by atoms with van der Waals surface area (Å²) in [5.41, 5.74) is 3.47. The summed E-state index contributed by atoms with van der Waals surface area (Å²) in [5.74, 6) is -1.19. The van der Waals surface area contributed by atoms with Gasteiger partial charge >= 0.3 is 5.97 Å². The fourth-order valence-electron chi connectivity index (χ4n) is 9.45. The van der Waals surface area contributed by atoms with Gasteiger partial charge in [-0.3, -0.25) is 39.1 Å². The van der Waals surface area contributed by atoms with Crippen molar-refractivity contribution in [3.63, 3.8) is 0 Å². The van der Waals surface area contributed by atoms with E-state index in [9.17, 15) is 33.9 Å². The summed E-state index contributed by atoms with van der Waals surface area (Å²) in [4.78, 5) is 90.5. The number of aryl methyl sites for hydroxylation is 1. The van der Waals surface area contributed by atoms with E-state index in [0.717, 1.165) is 74.4 Å². The van der Waals surface area contributed by atoms with Gasteiger partial charge in [0.2, 0.25) is 29.6 Å². The average Bonchev–Trinajstić information content (AvgIpc) is 4.01. The van der Waals surface area contributed by atoms with Crippen molar-refractivity contribution in [3.8, 4) is 11.5 Å². The van der Waals surface area contributed by atoms with E-state index in [2.05, 4.69) is 51.6 Å². The average molecular weight is 983 g/mol. The molecule has 2 atom stereocenters. The molecule has 4 aliphatic rings. The lowest BCUT2D eigenvalue weighted by Crippen LogP contribution is -2.54. The second-order valence-electron chi connectivity index (χ2n) is 18.8. The van der Waals surface area contributed by atoms with E-state index in [4.69, 9.17) is 14.1 Å². The summed E-state index contributed by atoms with van der Waals surface area (Å²) < 4.78 is 11.7. The Balaban J connectivity index is 0.695. The number of fused-ring (bicyclic) bond motifs is 2. The lowest BCUT2D eigenvalue weighted by atomic mass is 9.95. The number of hydrogen-bond donors (Lipinski definition) is 6. The molecule has 72 heavy (non-hydrogen) atoms. The molecule has 376 valence electrons. The van der Waals surface area contributed by atoms with Crippen molar-refractivity contribution < 1.29 is 43.0 Å². The molecule has 5 amide bonds. The quantitative estimate of drug-likeness (QED) is 0.0342. The number of imide groups is 2. The lowest BCUT2D eigenvalue weighted by Gasteiger charge is -2.34. The topological polar surface area (TPSA) is 266 Å². The minimum atomic E-state index is -1.02. The Morgan fingerprint density at radius 3 is 2.46 bits per heavy atom. The van der Waals surface area contributed by atoms with Gasteiger partial charge in [0.05, 0.1) is 41.4 Å². The van der Waals surface area contributed by atoms with E-state index in [1.165, 1.54) is 0 Å². The first kappa shape index (κ1) is 49.4. The van der Waals surface area contributed by atoms with Crippen LogP contribution in [0.25, 0.3) is 11.5 Å². The number of benzene rings is 3. The molecule has 1 unspecified atom stereocenters. The first-order chi connectivity index (χ1) is 34.8. The maximum Gasteiger partial charge on any atom is 0.339 e. The van der Waals surface area contributed by atoms with Crippen LogP contribution in [0.5, 0.6) is 0 Å². The van der Waals surface area contributed by atoms with Crippen molar-refractivity contribution in [2.24, 2.45) is 0 Å². The number of nitrogens with one attached hydrogen (secondary N) is 5. The van der Waals surface area contributed by atoms with Crippen molar-refractivity contribution in [3.05, 3.63) is 107 Å². The Hall–Kier alpha value is -7.62. The van der Waals surface area contributed by atoms with Crippen LogP contribution in [0.1, 0.15) is 107 Å². The van der Waals surface area contributed by atoms with Crippen LogP contribution in [0, 0.1) is 0 Å². The van der Waals surface area contributed by atoms with Crippen LogP contribution in [0.15, 0.2) is 77.3 Å². The van der Waals surface area contributed by atoms with E-state index >= 15 is 0 Å². The largest absolute Gasteiger partial charge is 0.451 e. The number of hydrogen-bond acceptors (Lipinski definition) is 18. The molecule has 5 aromatic rings. The standard InChI is InChI=1S/C51H58N12O9/c1-51(2)36-27-32(16-17-33(36)49(70)72-51)55-50-54-28-35(44(58-50)56-38(30-64)31-11-5-3-6-12-31)46-60-59-42(71-46)15-10-22-61-23-25-62(26-24-61)29-41(66)53-21-8-4-7-20-52-37-14-9-13-34-43(37)48(69)63(47(34)68)39-18-19-40(65)57-45(39)67/h3,5-6,9,11-14,16-17,27-28,38-39,52,64H,4,7-8,10,15,18-26,29-30H2,1-2H3,(H,53,66)(H,57,65,67)(H2,54,55,56,58)/t38-,39?/m1/s1. The fraction of sp³-hybridized carbons (Fsp3) is 0.412. The molecule has 0 saturated carbocycles. The molecule has 9 rings (SSSR count). The summed E-state index contributed by atoms with van der Waals surface area (Å²) in [7, 11) is 0. The van der Waals surface area contributed by atoms with E-state index in [1.807, 2.05) is 50.2 Å². The summed E-state index contributed by atoms with van der Waals surface area (Å²) in [6, 6.07) is 18.3. The fourth-order valence-corrected chi connectivity index (χ4v) is 9.45. The molecular weight excluding hydrogens is 925 g/mol. The summed E-state index contributed by atoms with van der Waals surface area (Å²) in [6.07, 6.45) is 5.47. The first-order valence-electron chi connectivity index (χ1n) is 24.4. The molecule has 21 nitrogen and oxygen atoms in total. The van der Waals surface area contributed by atoms with Gasteiger partial charge in [0.1, 0.15) is 17.5 Å². The van der Waals surface area contributed by atoms with Gasteiger partial charge in [0.15, 0.2) is 0 Å². The first-order valence-corrected chi connectivity index (χ1v) is 24.4. The number of aliphatic hydroxyl groups is 1. The van der Waals surface area contributed by atoms with Crippen molar-refractivity contribution in [1.29, 1.82) is 0 Å². The number of piperidine rings is 1. The van der Waals surface area contributed by atoms with Crippen LogP contribution < -0.4 is 26.6 Å². The summed E-state index contributed by atoms with van der Waals surface area (Å²) in [6.45, 7) is 8.89. The number of unbranched alkanes of at least 4 members (excludes halogenated alkanes) is 2. The summed E-state index contributed by atoms with van der Waals surface area (Å²) in [5, 5.41) is 34.2. The number of cyclic esters (lactones) is 1. The Labute approximate surface area is 415 Å². The molecule has 0 radical (unpaired) electrons. The highest BCUT2D eigenvalue weighted by molar-refractivity contribution is 6.25. The van der Waals surface area contributed by atoms with Crippen LogP contribution in [0.4, 0.5) is 23.1 Å². The van der Waals surface area contributed by atoms with Gasteiger partial charge in [-0.2, -0.15) is 4.98 Å². The van der Waals surface area contributed by atoms with Gasteiger partial charge < -0.3 is 40.4 Å². The second kappa shape index (κ2) is 21.8. The monoisotopic (exact) mass is 982 g/mol. The molecule has 2 saturated heterocycles. The molecule has 0 spiro atoms. The number of aliphatic hydroxyl groups excluding tert-OH is 1. The highest BCUT2D eigenvalue weighted by Crippen LogP contribution is 2.38. The Kier molecular flexibility index (Phi) is 14.9. The number of anilines is 4. The molecule has 2 fully saturated rings. The normalized spacial score (nSPS) is 18.1. The van der Waals surface area contributed by atoms with Crippen molar-refractivity contribution in [2.45, 2.75) is 76.5 Å². The van der Waals surface area contributed by atoms with Crippen LogP contribution >= 0.6 is 0 Å². The third-order valence-electron chi connectivity index (χ3n) is 13.3. The molecule has 21 heteroatoms. The van der Waals surface area contributed by atoms with Crippen molar-refractivity contribution in [2.75, 3.05) is 74.9 Å². The second-order valence-corrected chi connectivity index (χ2v) is 18.8. The number of amides is 5. The Morgan fingerprint density at radius 2 is 1.67 bits per heavy atom. The number of carbonyl (C=O) groups excluding carboxylic acids is 6. The predicted octanol–water partition coefficient (Wildman–Crippen LogP) is 4.17. The third-order valence-corrected chi connectivity index (χ3v) is 13.3. The van der Waals surface area contributed by atoms with Gasteiger partial charge in [-0.05, 0) is 88.4 Å². The Morgan fingerprint density at radius 1 is 0.875 bits per heavy atom. The van der Waals surface area contributed by atoms with Gasteiger partial charge in [0, 0.05) is 75.2 Å². The number of aromatic nitrogens is 4. The number of esters is 1. The minimum absolute atomic E-state index is 0.0172. The molecular formula is C51H58N12O9. The van der Waals surface area contributed by atoms with E-state index in [-0.39, 0.29) is 54.3 Å². The van der Waals surface area contributed by atoms with E-state index in [1.54, 1.807) is 36.5 Å². The highest BCUT2D eigenvalue weighted by Gasteiger charge is 2.45. The molecule has 6 heterocycles. The zero-order chi connectivity index (χ0) is 50.4. The number of nitrogens with zero attached hydrogens (tertiary/aromatic N) is 7. The van der Waals surface area contributed by atoms with Crippen LogP contribution in [-0.2, 0) is 31.1 Å². The Bertz CT molecular complexity index is 2850. The third kappa shape index (κ3) is 11.1. The zero-order valence-electron chi connectivity index (χ0n) is 40.2. The SMILES string of the molecule is CC1(C)OC(=O)c2ccc(Nc3ncc(-c4nnc(CCCN5CCN(CC(=O)NCCCCCNc6cccc7c6C(=O)N(C6CCC(=O)NC6=O)C7=O)CC5)o4)c(N[C@H](CO)c4ccccc4)n3)cc21. The van der Waals surface area contributed by atoms with Gasteiger partial charge in [-0.15, -0.1) is 10.2 Å². The molecule has 0 aliphatic carbocycles.